The molecule has 1 aromatic carbocycles. The Labute approximate surface area is 132 Å². The molecule has 4 heteroatoms. The predicted octanol–water partition coefficient (Wildman–Crippen LogP) is 2.14. The molecule has 3 N–H and O–H groups in total. The van der Waals surface area contributed by atoms with Gasteiger partial charge in [0, 0.05) is 18.8 Å². The molecule has 1 amide bonds. The zero-order valence-electron chi connectivity index (χ0n) is 13.4. The Bertz CT molecular complexity index is 544. The molecule has 1 atom stereocenters. The van der Waals surface area contributed by atoms with Crippen molar-refractivity contribution in [3.8, 4) is 0 Å². The summed E-state index contributed by atoms with van der Waals surface area (Å²) in [4.78, 5) is 11.7. The number of amides is 1. The zero-order valence-corrected chi connectivity index (χ0v) is 13.4. The maximum atomic E-state index is 11.7. The SMILES string of the molecule is Cc1c(C(N)=O)ccc(CC2CCOC2)c1C1CCNCC1. The average molecular weight is 302 g/mol. The number of rotatable bonds is 4. The summed E-state index contributed by atoms with van der Waals surface area (Å²) in [5.74, 6) is 0.834. The molecule has 3 rings (SSSR count). The van der Waals surface area contributed by atoms with Gasteiger partial charge in [-0.2, -0.15) is 0 Å². The van der Waals surface area contributed by atoms with Crippen LogP contribution >= 0.6 is 0 Å². The van der Waals surface area contributed by atoms with Crippen molar-refractivity contribution >= 4 is 5.91 Å². The standard InChI is InChI=1S/C18H26N2O2/c1-12-16(18(19)21)3-2-15(10-13-6-9-22-11-13)17(12)14-4-7-20-8-5-14/h2-3,13-14,20H,4-11H2,1H3,(H2,19,21). The van der Waals surface area contributed by atoms with Crippen LogP contribution in [-0.4, -0.2) is 32.2 Å². The van der Waals surface area contributed by atoms with Crippen LogP contribution in [0.25, 0.3) is 0 Å². The first-order chi connectivity index (χ1) is 10.7. The second-order valence-electron chi connectivity index (χ2n) is 6.63. The van der Waals surface area contributed by atoms with E-state index in [0.29, 0.717) is 17.4 Å². The number of benzene rings is 1. The molecule has 4 nitrogen and oxygen atoms in total. The van der Waals surface area contributed by atoms with Crippen LogP contribution in [-0.2, 0) is 11.2 Å². The molecule has 0 bridgehead atoms. The molecule has 120 valence electrons. The van der Waals surface area contributed by atoms with Crippen molar-refractivity contribution < 1.29 is 9.53 Å². The van der Waals surface area contributed by atoms with Crippen molar-refractivity contribution in [3.05, 3.63) is 34.4 Å². The first kappa shape index (κ1) is 15.5. The van der Waals surface area contributed by atoms with Gasteiger partial charge in [0.05, 0.1) is 0 Å². The van der Waals surface area contributed by atoms with E-state index in [1.807, 2.05) is 6.07 Å². The van der Waals surface area contributed by atoms with Crippen LogP contribution in [0, 0.1) is 12.8 Å². The monoisotopic (exact) mass is 302 g/mol. The lowest BCUT2D eigenvalue weighted by atomic mass is 9.80. The van der Waals surface area contributed by atoms with Crippen LogP contribution in [0.4, 0.5) is 0 Å². The van der Waals surface area contributed by atoms with Crippen LogP contribution in [0.2, 0.25) is 0 Å². The van der Waals surface area contributed by atoms with Gasteiger partial charge in [-0.15, -0.1) is 0 Å². The molecule has 0 aliphatic carbocycles. The molecule has 2 aliphatic rings. The summed E-state index contributed by atoms with van der Waals surface area (Å²) in [6, 6.07) is 4.04. The fraction of sp³-hybridized carbons (Fsp3) is 0.611. The molecule has 2 saturated heterocycles. The summed E-state index contributed by atoms with van der Waals surface area (Å²) >= 11 is 0. The van der Waals surface area contributed by atoms with E-state index in [4.69, 9.17) is 10.5 Å². The van der Waals surface area contributed by atoms with Gasteiger partial charge < -0.3 is 15.8 Å². The van der Waals surface area contributed by atoms with Gasteiger partial charge in [-0.25, -0.2) is 0 Å². The number of nitrogens with two attached hydrogens (primary N) is 1. The van der Waals surface area contributed by atoms with Crippen molar-refractivity contribution in [1.29, 1.82) is 0 Å². The van der Waals surface area contributed by atoms with Gasteiger partial charge in [-0.05, 0) is 80.3 Å². The minimum Gasteiger partial charge on any atom is -0.381 e. The summed E-state index contributed by atoms with van der Waals surface area (Å²) < 4.78 is 5.52. The van der Waals surface area contributed by atoms with Crippen molar-refractivity contribution in [3.63, 3.8) is 0 Å². The van der Waals surface area contributed by atoms with E-state index in [1.165, 1.54) is 11.1 Å². The number of carbonyl (C=O) groups is 1. The summed E-state index contributed by atoms with van der Waals surface area (Å²) in [6.07, 6.45) is 4.47. The number of hydrogen-bond acceptors (Lipinski definition) is 3. The first-order valence-corrected chi connectivity index (χ1v) is 8.37. The summed E-state index contributed by atoms with van der Waals surface area (Å²) in [5, 5.41) is 3.42. The number of piperidine rings is 1. The van der Waals surface area contributed by atoms with E-state index in [2.05, 4.69) is 18.3 Å². The summed E-state index contributed by atoms with van der Waals surface area (Å²) in [6.45, 7) is 5.91. The van der Waals surface area contributed by atoms with Crippen molar-refractivity contribution in [2.45, 2.75) is 38.5 Å². The Balaban J connectivity index is 1.95. The fourth-order valence-electron chi connectivity index (χ4n) is 3.96. The summed E-state index contributed by atoms with van der Waals surface area (Å²) in [5.41, 5.74) is 10.1. The average Bonchev–Trinajstić information content (AvgIpc) is 3.01. The van der Waals surface area contributed by atoms with E-state index in [9.17, 15) is 4.79 Å². The Morgan fingerprint density at radius 2 is 2.09 bits per heavy atom. The normalized spacial score (nSPS) is 22.9. The van der Waals surface area contributed by atoms with Gasteiger partial charge in [0.1, 0.15) is 0 Å². The molecule has 1 aromatic rings. The maximum absolute atomic E-state index is 11.7. The van der Waals surface area contributed by atoms with Gasteiger partial charge in [0.25, 0.3) is 0 Å². The lowest BCUT2D eigenvalue weighted by Gasteiger charge is -2.28. The first-order valence-electron chi connectivity index (χ1n) is 8.37. The van der Waals surface area contributed by atoms with E-state index in [1.54, 1.807) is 0 Å². The van der Waals surface area contributed by atoms with Crippen LogP contribution in [0.5, 0.6) is 0 Å². The lowest BCUT2D eigenvalue weighted by molar-refractivity contribution is 0.0999. The number of carbonyl (C=O) groups excluding carboxylic acids is 1. The zero-order chi connectivity index (χ0) is 15.5. The highest BCUT2D eigenvalue weighted by atomic mass is 16.5. The molecule has 22 heavy (non-hydrogen) atoms. The van der Waals surface area contributed by atoms with Gasteiger partial charge in [-0.1, -0.05) is 6.07 Å². The van der Waals surface area contributed by atoms with E-state index in [0.717, 1.165) is 57.6 Å². The van der Waals surface area contributed by atoms with Gasteiger partial charge >= 0.3 is 0 Å². The van der Waals surface area contributed by atoms with Crippen LogP contribution in [0.1, 0.15) is 52.2 Å². The highest BCUT2D eigenvalue weighted by molar-refractivity contribution is 5.94. The molecule has 1 unspecified atom stereocenters. The van der Waals surface area contributed by atoms with E-state index >= 15 is 0 Å². The second-order valence-corrected chi connectivity index (χ2v) is 6.63. The minimum atomic E-state index is -0.316. The highest BCUT2D eigenvalue weighted by Gasteiger charge is 2.25. The Morgan fingerprint density at radius 1 is 1.32 bits per heavy atom. The Kier molecular flexibility index (Phi) is 4.79. The molecule has 0 aromatic heterocycles. The number of primary amides is 1. The largest absolute Gasteiger partial charge is 0.381 e. The molecular weight excluding hydrogens is 276 g/mol. The van der Waals surface area contributed by atoms with Crippen molar-refractivity contribution in [2.75, 3.05) is 26.3 Å². The topological polar surface area (TPSA) is 64.4 Å². The molecular formula is C18H26N2O2. The molecule has 0 radical (unpaired) electrons. The molecule has 2 heterocycles. The third-order valence-corrected chi connectivity index (χ3v) is 5.15. The van der Waals surface area contributed by atoms with Gasteiger partial charge in [0.15, 0.2) is 0 Å². The van der Waals surface area contributed by atoms with Gasteiger partial charge in [0.2, 0.25) is 5.91 Å². The molecule has 2 fully saturated rings. The smallest absolute Gasteiger partial charge is 0.248 e. The Morgan fingerprint density at radius 3 is 2.73 bits per heavy atom. The van der Waals surface area contributed by atoms with Crippen LogP contribution in [0.15, 0.2) is 12.1 Å². The van der Waals surface area contributed by atoms with Crippen molar-refractivity contribution in [1.82, 2.24) is 5.32 Å². The third-order valence-electron chi connectivity index (χ3n) is 5.15. The van der Waals surface area contributed by atoms with Crippen molar-refractivity contribution in [2.24, 2.45) is 11.7 Å². The molecule has 0 spiro atoms. The second kappa shape index (κ2) is 6.80. The quantitative estimate of drug-likeness (QED) is 0.895. The number of hydrogen-bond donors (Lipinski definition) is 2. The highest BCUT2D eigenvalue weighted by Crippen LogP contribution is 2.34. The summed E-state index contributed by atoms with van der Waals surface area (Å²) in [7, 11) is 0. The molecule has 0 saturated carbocycles. The van der Waals surface area contributed by atoms with Gasteiger partial charge in [-0.3, -0.25) is 4.79 Å². The molecule has 2 aliphatic heterocycles. The maximum Gasteiger partial charge on any atom is 0.248 e. The van der Waals surface area contributed by atoms with Crippen LogP contribution < -0.4 is 11.1 Å². The Hall–Kier alpha value is -1.39. The fourth-order valence-corrected chi connectivity index (χ4v) is 3.96. The van der Waals surface area contributed by atoms with E-state index in [-0.39, 0.29) is 5.91 Å². The van der Waals surface area contributed by atoms with Crippen LogP contribution in [0.3, 0.4) is 0 Å². The number of nitrogens with one attached hydrogen (secondary N) is 1. The van der Waals surface area contributed by atoms with E-state index < -0.39 is 0 Å². The minimum absolute atomic E-state index is 0.316. The third kappa shape index (κ3) is 3.18. The predicted molar refractivity (Wildman–Crippen MR) is 87.2 cm³/mol. The lowest BCUT2D eigenvalue weighted by Crippen LogP contribution is -2.28. The number of ether oxygens (including phenoxy) is 1.